The molecule has 27 heavy (non-hydrogen) atoms. The lowest BCUT2D eigenvalue weighted by Gasteiger charge is -2.17. The van der Waals surface area contributed by atoms with E-state index < -0.39 is 5.97 Å². The highest BCUT2D eigenvalue weighted by atomic mass is 16.5. The molecule has 7 heteroatoms. The van der Waals surface area contributed by atoms with Crippen LogP contribution in [-0.4, -0.2) is 38.3 Å². The topological polar surface area (TPSA) is 94.1 Å². The molecule has 0 aliphatic rings. The van der Waals surface area contributed by atoms with Crippen LogP contribution >= 0.6 is 0 Å². The zero-order valence-corrected chi connectivity index (χ0v) is 15.7. The molecule has 2 aromatic rings. The second kappa shape index (κ2) is 8.93. The van der Waals surface area contributed by atoms with Crippen LogP contribution in [0.25, 0.3) is 0 Å². The number of anilines is 1. The molecule has 1 unspecified atom stereocenters. The normalized spacial score (nSPS) is 11.4. The van der Waals surface area contributed by atoms with Crippen molar-refractivity contribution in [1.82, 2.24) is 0 Å². The molecule has 0 aliphatic heterocycles. The number of carboxylic acid groups (broad SMARTS) is 1. The molecule has 1 amide bonds. The van der Waals surface area contributed by atoms with Crippen molar-refractivity contribution in [3.63, 3.8) is 0 Å². The number of nitrogens with one attached hydrogen (secondary N) is 1. The van der Waals surface area contributed by atoms with Crippen molar-refractivity contribution in [3.8, 4) is 17.2 Å². The number of benzene rings is 2. The maximum atomic E-state index is 12.6. The molecule has 0 bridgehead atoms. The van der Waals surface area contributed by atoms with E-state index in [-0.39, 0.29) is 34.6 Å². The molecule has 7 nitrogen and oxygen atoms in total. The molecule has 0 spiro atoms. The lowest BCUT2D eigenvalue weighted by atomic mass is 10.00. The van der Waals surface area contributed by atoms with Gasteiger partial charge in [0.15, 0.2) is 11.5 Å². The van der Waals surface area contributed by atoms with Crippen molar-refractivity contribution in [2.75, 3.05) is 26.6 Å². The average molecular weight is 373 g/mol. The summed E-state index contributed by atoms with van der Waals surface area (Å²) >= 11 is 0. The van der Waals surface area contributed by atoms with Gasteiger partial charge in [-0.1, -0.05) is 19.1 Å². The number of methoxy groups -OCH3 is 3. The lowest BCUT2D eigenvalue weighted by molar-refractivity contribution is -0.119. The molecule has 0 fully saturated rings. The minimum atomic E-state index is -1.13. The van der Waals surface area contributed by atoms with Gasteiger partial charge in [-0.25, -0.2) is 4.79 Å². The van der Waals surface area contributed by atoms with Crippen LogP contribution in [-0.2, 0) is 11.2 Å². The van der Waals surface area contributed by atoms with E-state index in [0.717, 1.165) is 11.3 Å². The molecule has 1 atom stereocenters. The maximum Gasteiger partial charge on any atom is 0.335 e. The van der Waals surface area contributed by atoms with Gasteiger partial charge in [-0.05, 0) is 36.2 Å². The number of hydrogen-bond acceptors (Lipinski definition) is 5. The quantitative estimate of drug-likeness (QED) is 0.738. The molecular weight excluding hydrogens is 350 g/mol. The lowest BCUT2D eigenvalue weighted by Crippen LogP contribution is -2.22. The summed E-state index contributed by atoms with van der Waals surface area (Å²) < 4.78 is 15.6. The Bertz CT molecular complexity index is 816. The number of carbonyl (C=O) groups excluding carboxylic acids is 1. The van der Waals surface area contributed by atoms with Gasteiger partial charge in [-0.3, -0.25) is 4.79 Å². The van der Waals surface area contributed by atoms with Crippen molar-refractivity contribution in [3.05, 3.63) is 47.5 Å². The second-order valence-corrected chi connectivity index (χ2v) is 6.01. The number of rotatable bonds is 8. The van der Waals surface area contributed by atoms with Crippen molar-refractivity contribution in [2.24, 2.45) is 5.92 Å². The standard InChI is InChI=1S/C20H23NO6/c1-12(9-13-5-7-15(25-2)8-6-13)19(22)21-16-10-14(20(23)24)11-17(26-3)18(16)27-4/h5-8,10-12H,9H2,1-4H3,(H,21,22)(H,23,24). The molecule has 0 aliphatic carbocycles. The van der Waals surface area contributed by atoms with Gasteiger partial charge in [0.25, 0.3) is 0 Å². The highest BCUT2D eigenvalue weighted by Crippen LogP contribution is 2.37. The van der Waals surface area contributed by atoms with Crippen LogP contribution in [0.5, 0.6) is 17.2 Å². The van der Waals surface area contributed by atoms with Crippen molar-refractivity contribution >= 4 is 17.6 Å². The summed E-state index contributed by atoms with van der Waals surface area (Å²) in [6.07, 6.45) is 0.522. The molecule has 2 N–H and O–H groups in total. The molecule has 0 aromatic heterocycles. The van der Waals surface area contributed by atoms with Crippen molar-refractivity contribution in [1.29, 1.82) is 0 Å². The molecule has 0 saturated carbocycles. The molecule has 0 saturated heterocycles. The zero-order chi connectivity index (χ0) is 20.0. The van der Waals surface area contributed by atoms with Crippen LogP contribution in [0.4, 0.5) is 5.69 Å². The van der Waals surface area contributed by atoms with E-state index in [1.165, 1.54) is 26.4 Å². The van der Waals surface area contributed by atoms with Gasteiger partial charge >= 0.3 is 5.97 Å². The summed E-state index contributed by atoms with van der Waals surface area (Å²) in [7, 11) is 4.42. The fraction of sp³-hybridized carbons (Fsp3) is 0.300. The van der Waals surface area contributed by atoms with E-state index in [4.69, 9.17) is 14.2 Å². The van der Waals surface area contributed by atoms with Crippen LogP contribution < -0.4 is 19.5 Å². The number of carboxylic acids is 1. The first-order valence-electron chi connectivity index (χ1n) is 8.32. The SMILES string of the molecule is COc1ccc(CC(C)C(=O)Nc2cc(C(=O)O)cc(OC)c2OC)cc1. The van der Waals surface area contributed by atoms with E-state index in [1.807, 2.05) is 24.3 Å². The summed E-state index contributed by atoms with van der Waals surface area (Å²) in [5.41, 5.74) is 1.23. The highest BCUT2D eigenvalue weighted by molar-refractivity contribution is 5.97. The van der Waals surface area contributed by atoms with Crippen molar-refractivity contribution in [2.45, 2.75) is 13.3 Å². The maximum absolute atomic E-state index is 12.6. The van der Waals surface area contributed by atoms with Crippen LogP contribution in [0.15, 0.2) is 36.4 Å². The fourth-order valence-corrected chi connectivity index (χ4v) is 2.64. The largest absolute Gasteiger partial charge is 0.497 e. The monoisotopic (exact) mass is 373 g/mol. The van der Waals surface area contributed by atoms with Gasteiger partial charge < -0.3 is 24.6 Å². The number of ether oxygens (including phenoxy) is 3. The Hall–Kier alpha value is -3.22. The Kier molecular flexibility index (Phi) is 6.65. The summed E-state index contributed by atoms with van der Waals surface area (Å²) in [5, 5.41) is 12.0. The first-order valence-corrected chi connectivity index (χ1v) is 8.32. The van der Waals surface area contributed by atoms with Crippen LogP contribution in [0, 0.1) is 5.92 Å². The van der Waals surface area contributed by atoms with Gasteiger partial charge in [0, 0.05) is 5.92 Å². The highest BCUT2D eigenvalue weighted by Gasteiger charge is 2.20. The molecular formula is C20H23NO6. The minimum Gasteiger partial charge on any atom is -0.497 e. The Labute approximate surface area is 157 Å². The number of carbonyl (C=O) groups is 2. The Morgan fingerprint density at radius 1 is 1.04 bits per heavy atom. The van der Waals surface area contributed by atoms with E-state index in [9.17, 15) is 14.7 Å². The van der Waals surface area contributed by atoms with Gasteiger partial charge in [-0.15, -0.1) is 0 Å². The molecule has 0 radical (unpaired) electrons. The van der Waals surface area contributed by atoms with Crippen LogP contribution in [0.1, 0.15) is 22.8 Å². The third-order valence-electron chi connectivity index (χ3n) is 4.13. The number of aromatic carboxylic acids is 1. The summed E-state index contributed by atoms with van der Waals surface area (Å²) in [6.45, 7) is 1.80. The third-order valence-corrected chi connectivity index (χ3v) is 4.13. The third kappa shape index (κ3) is 4.91. The first-order chi connectivity index (χ1) is 12.9. The smallest absolute Gasteiger partial charge is 0.335 e. The van der Waals surface area contributed by atoms with Gasteiger partial charge in [0.2, 0.25) is 5.91 Å². The minimum absolute atomic E-state index is 0.00856. The Balaban J connectivity index is 2.19. The average Bonchev–Trinajstić information content (AvgIpc) is 2.67. The summed E-state index contributed by atoms with van der Waals surface area (Å²) in [6, 6.07) is 10.2. The number of hydrogen-bond donors (Lipinski definition) is 2. The van der Waals surface area contributed by atoms with E-state index in [1.54, 1.807) is 14.0 Å². The summed E-state index contributed by atoms with van der Waals surface area (Å²) in [5.74, 6) is -0.477. The molecule has 0 heterocycles. The van der Waals surface area contributed by atoms with Gasteiger partial charge in [-0.2, -0.15) is 0 Å². The molecule has 144 valence electrons. The van der Waals surface area contributed by atoms with Gasteiger partial charge in [0.1, 0.15) is 5.75 Å². The first kappa shape index (κ1) is 20.1. The fourth-order valence-electron chi connectivity index (χ4n) is 2.64. The predicted molar refractivity (Wildman–Crippen MR) is 101 cm³/mol. The van der Waals surface area contributed by atoms with Crippen molar-refractivity contribution < 1.29 is 28.9 Å². The van der Waals surface area contributed by atoms with E-state index in [2.05, 4.69) is 5.32 Å². The summed E-state index contributed by atoms with van der Waals surface area (Å²) in [4.78, 5) is 23.9. The zero-order valence-electron chi connectivity index (χ0n) is 15.7. The molecule has 2 aromatic carbocycles. The number of amides is 1. The van der Waals surface area contributed by atoms with Crippen LogP contribution in [0.3, 0.4) is 0 Å². The predicted octanol–water partition coefficient (Wildman–Crippen LogP) is 3.23. The van der Waals surface area contributed by atoms with Gasteiger partial charge in [0.05, 0.1) is 32.6 Å². The van der Waals surface area contributed by atoms with E-state index >= 15 is 0 Å². The Morgan fingerprint density at radius 2 is 1.70 bits per heavy atom. The molecule has 2 rings (SSSR count). The Morgan fingerprint density at radius 3 is 2.22 bits per heavy atom. The van der Waals surface area contributed by atoms with Crippen LogP contribution in [0.2, 0.25) is 0 Å². The second-order valence-electron chi connectivity index (χ2n) is 6.01. The van der Waals surface area contributed by atoms with E-state index in [0.29, 0.717) is 6.42 Å².